The summed E-state index contributed by atoms with van der Waals surface area (Å²) in [7, 11) is 3.16. The minimum Gasteiger partial charge on any atom is -0.466 e. The molecule has 402 valence electrons. The molecule has 13 N–H and O–H groups in total. The molecule has 69 heavy (non-hydrogen) atoms. The molecule has 0 bridgehead atoms. The number of esters is 2. The molecule has 0 saturated carbocycles. The summed E-state index contributed by atoms with van der Waals surface area (Å²) in [4.78, 5) is 75.6. The number of carbonyl (C=O) groups excluding carboxylic acids is 6. The van der Waals surface area contributed by atoms with Crippen molar-refractivity contribution < 1.29 is 38.2 Å². The molecule has 18 nitrogen and oxygen atoms in total. The number of carbonyl (C=O) groups is 6. The van der Waals surface area contributed by atoms with Crippen molar-refractivity contribution in [3.05, 3.63) is 12.2 Å². The Morgan fingerprint density at radius 1 is 0.522 bits per heavy atom. The third kappa shape index (κ3) is 45.9. The molecule has 0 rings (SSSR count). The van der Waals surface area contributed by atoms with Crippen LogP contribution >= 0.6 is 21.6 Å². The second-order valence-corrected chi connectivity index (χ2v) is 20.1. The summed E-state index contributed by atoms with van der Waals surface area (Å²) in [6.07, 6.45) is 25.5. The van der Waals surface area contributed by atoms with Crippen LogP contribution in [0, 0.1) is 0 Å². The van der Waals surface area contributed by atoms with Gasteiger partial charge in [-0.2, -0.15) is 0 Å². The first-order valence-corrected chi connectivity index (χ1v) is 28.7. The lowest BCUT2D eigenvalue weighted by atomic mass is 10.1. The Bertz CT molecular complexity index is 1310. The lowest BCUT2D eigenvalue weighted by Gasteiger charge is -2.24. The minimum atomic E-state index is -0.591. The van der Waals surface area contributed by atoms with Crippen LogP contribution in [0.5, 0.6) is 0 Å². The fraction of sp³-hybridized carbons (Fsp3) is 0.837. The van der Waals surface area contributed by atoms with Crippen molar-refractivity contribution in [2.45, 2.75) is 167 Å². The van der Waals surface area contributed by atoms with Crippen LogP contribution in [0.25, 0.3) is 0 Å². The van der Waals surface area contributed by atoms with Crippen LogP contribution in [-0.2, 0) is 38.2 Å². The van der Waals surface area contributed by atoms with Gasteiger partial charge in [0.15, 0.2) is 0 Å². The van der Waals surface area contributed by atoms with Gasteiger partial charge in [-0.05, 0) is 70.9 Å². The molecule has 0 spiro atoms. The number of unbranched alkanes of at least 4 members (excludes halogenated alkanes) is 13. The topological polar surface area (TPSA) is 288 Å². The molecule has 0 saturated heterocycles. The molecular formula is C49H96N10O8S2. The van der Waals surface area contributed by atoms with E-state index in [1.807, 2.05) is 0 Å². The average Bonchev–Trinajstić information content (AvgIpc) is 3.33. The first-order valence-electron chi connectivity index (χ1n) is 26.2. The summed E-state index contributed by atoms with van der Waals surface area (Å²) < 4.78 is 10.4. The second-order valence-electron chi connectivity index (χ2n) is 17.4. The Hall–Kier alpha value is -2.98. The molecule has 0 aliphatic carbocycles. The summed E-state index contributed by atoms with van der Waals surface area (Å²) in [5, 5.41) is 14.6. The predicted molar refractivity (Wildman–Crippen MR) is 283 cm³/mol. The molecule has 0 aliphatic rings. The van der Waals surface area contributed by atoms with Crippen LogP contribution in [0.4, 0.5) is 0 Å². The molecular weight excluding hydrogens is 921 g/mol. The maximum absolute atomic E-state index is 12.4. The van der Waals surface area contributed by atoms with E-state index in [-0.39, 0.29) is 62.2 Å². The monoisotopic (exact) mass is 1020 g/mol. The first kappa shape index (κ1) is 66.0. The van der Waals surface area contributed by atoms with Crippen molar-refractivity contribution in [3.8, 4) is 0 Å². The van der Waals surface area contributed by atoms with Gasteiger partial charge in [-0.25, -0.2) is 0 Å². The molecule has 0 heterocycles. The van der Waals surface area contributed by atoms with E-state index in [1.54, 1.807) is 21.6 Å². The summed E-state index contributed by atoms with van der Waals surface area (Å²) in [6, 6.07) is -1.18. The highest BCUT2D eigenvalue weighted by Crippen LogP contribution is 2.19. The Morgan fingerprint density at radius 3 is 1.54 bits per heavy atom. The summed E-state index contributed by atoms with van der Waals surface area (Å²) in [5.74, 6) is -0.113. The van der Waals surface area contributed by atoms with Gasteiger partial charge in [-0.3, -0.25) is 33.7 Å². The molecule has 2 atom stereocenters. The largest absolute Gasteiger partial charge is 0.466 e. The van der Waals surface area contributed by atoms with Gasteiger partial charge in [0.2, 0.25) is 23.6 Å². The molecule has 0 aromatic heterocycles. The zero-order valence-electron chi connectivity index (χ0n) is 42.5. The van der Waals surface area contributed by atoms with Crippen LogP contribution in [0.15, 0.2) is 12.2 Å². The van der Waals surface area contributed by atoms with E-state index < -0.39 is 18.1 Å². The number of nitrogens with zero attached hydrogens (tertiary/aromatic N) is 1. The quantitative estimate of drug-likeness (QED) is 0.0181. The Morgan fingerprint density at radius 2 is 1.00 bits per heavy atom. The third-order valence-corrected chi connectivity index (χ3v) is 13.5. The lowest BCUT2D eigenvalue weighted by molar-refractivity contribution is -0.147. The summed E-state index contributed by atoms with van der Waals surface area (Å²) >= 11 is 0. The van der Waals surface area contributed by atoms with E-state index in [2.05, 4.69) is 50.6 Å². The Labute approximate surface area is 423 Å². The van der Waals surface area contributed by atoms with Gasteiger partial charge in [0, 0.05) is 83.1 Å². The molecule has 0 fully saturated rings. The number of hydrogen-bond donors (Lipinski definition) is 9. The maximum atomic E-state index is 12.4. The van der Waals surface area contributed by atoms with Crippen LogP contribution in [-0.4, -0.2) is 149 Å². The Balaban J connectivity index is 3.97. The van der Waals surface area contributed by atoms with Gasteiger partial charge in [-0.15, -0.1) is 0 Å². The van der Waals surface area contributed by atoms with Crippen molar-refractivity contribution in [1.82, 2.24) is 31.5 Å². The number of ether oxygens (including phenoxy) is 2. The SMILES string of the molecule is CCCCCCCC/C=C\CCCCCCCC(=O)OCCCOC(=O)CCC(=O)NCCSSCCNC(=O)CNCCN(CCNC(=O)C(N)CCCCN)CCNC(=O)C(N)CCCCN. The Kier molecular flexibility index (Phi) is 47.8. The lowest BCUT2D eigenvalue weighted by Crippen LogP contribution is -2.47. The number of allylic oxidation sites excluding steroid dienone is 2. The van der Waals surface area contributed by atoms with Crippen molar-refractivity contribution in [3.63, 3.8) is 0 Å². The smallest absolute Gasteiger partial charge is 0.306 e. The molecule has 0 aromatic carbocycles. The molecule has 0 aromatic rings. The van der Waals surface area contributed by atoms with Crippen molar-refractivity contribution in [1.29, 1.82) is 0 Å². The average molecular weight is 1020 g/mol. The number of rotatable bonds is 50. The van der Waals surface area contributed by atoms with Crippen molar-refractivity contribution in [2.75, 3.05) is 96.7 Å². The molecule has 0 radical (unpaired) electrons. The zero-order valence-corrected chi connectivity index (χ0v) is 44.2. The van der Waals surface area contributed by atoms with E-state index in [4.69, 9.17) is 32.4 Å². The van der Waals surface area contributed by atoms with E-state index in [0.717, 1.165) is 51.4 Å². The molecule has 0 aliphatic heterocycles. The minimum absolute atomic E-state index is 0.0205. The maximum Gasteiger partial charge on any atom is 0.306 e. The highest BCUT2D eigenvalue weighted by atomic mass is 33.1. The summed E-state index contributed by atoms with van der Waals surface area (Å²) in [6.45, 7) is 7.71. The molecule has 2 unspecified atom stereocenters. The fourth-order valence-corrected chi connectivity index (χ4v) is 8.67. The van der Waals surface area contributed by atoms with E-state index in [1.165, 1.54) is 57.8 Å². The standard InChI is InChI=1S/C49H96N10O8S2/c1-2-3-4-5-6-7-8-9-10-11-12-13-14-15-16-24-46(62)66-37-21-38-67-47(63)26-25-44(60)55-32-39-68-69-40-33-56-45(61)41-54-29-34-59(35-30-57-48(64)42(52)22-17-19-27-50)36-31-58-49(65)43(53)23-18-20-28-51/h9-10,42-43,54H,2-8,11-41,50-53H2,1H3,(H,55,60)(H,56,61)(H,57,64)(H,58,65)/b10-9-. The van der Waals surface area contributed by atoms with E-state index in [0.29, 0.717) is 103 Å². The highest BCUT2D eigenvalue weighted by Gasteiger charge is 2.16. The third-order valence-electron chi connectivity index (χ3n) is 11.1. The number of nitrogens with one attached hydrogen (secondary N) is 5. The van der Waals surface area contributed by atoms with Crippen molar-refractivity contribution >= 4 is 57.2 Å². The van der Waals surface area contributed by atoms with Gasteiger partial charge >= 0.3 is 11.9 Å². The van der Waals surface area contributed by atoms with Gasteiger partial charge in [0.25, 0.3) is 0 Å². The van der Waals surface area contributed by atoms with Gasteiger partial charge < -0.3 is 59.0 Å². The molecule has 4 amide bonds. The normalized spacial score (nSPS) is 12.2. The van der Waals surface area contributed by atoms with Crippen LogP contribution < -0.4 is 49.5 Å². The van der Waals surface area contributed by atoms with Crippen LogP contribution in [0.2, 0.25) is 0 Å². The van der Waals surface area contributed by atoms with Gasteiger partial charge in [0.05, 0.1) is 38.3 Å². The van der Waals surface area contributed by atoms with E-state index >= 15 is 0 Å². The number of nitrogens with two attached hydrogens (primary N) is 4. The van der Waals surface area contributed by atoms with Gasteiger partial charge in [-0.1, -0.05) is 105 Å². The van der Waals surface area contributed by atoms with Crippen LogP contribution in [0.1, 0.15) is 155 Å². The van der Waals surface area contributed by atoms with Gasteiger partial charge in [0.1, 0.15) is 0 Å². The molecule has 20 heteroatoms. The second kappa shape index (κ2) is 50.0. The highest BCUT2D eigenvalue weighted by molar-refractivity contribution is 8.76. The van der Waals surface area contributed by atoms with Crippen LogP contribution in [0.3, 0.4) is 0 Å². The van der Waals surface area contributed by atoms with Crippen molar-refractivity contribution in [2.24, 2.45) is 22.9 Å². The number of amides is 4. The van der Waals surface area contributed by atoms with E-state index in [9.17, 15) is 28.8 Å². The number of hydrogen-bond acceptors (Lipinski definition) is 16. The predicted octanol–water partition coefficient (Wildman–Crippen LogP) is 3.93. The summed E-state index contributed by atoms with van der Waals surface area (Å²) in [5.41, 5.74) is 23.1. The fourth-order valence-electron chi connectivity index (χ4n) is 6.85. The zero-order chi connectivity index (χ0) is 50.8. The first-order chi connectivity index (χ1) is 33.5.